The first-order valence-corrected chi connectivity index (χ1v) is 6.79. The molecule has 0 radical (unpaired) electrons. The van der Waals surface area contributed by atoms with Gasteiger partial charge in [0.2, 0.25) is 0 Å². The molecule has 2 nitrogen and oxygen atoms in total. The molecule has 0 saturated heterocycles. The molecular formula is C16H30O2. The van der Waals surface area contributed by atoms with E-state index >= 15 is 0 Å². The van der Waals surface area contributed by atoms with E-state index in [1.165, 1.54) is 0 Å². The van der Waals surface area contributed by atoms with Gasteiger partial charge in [0.05, 0.1) is 6.61 Å². The van der Waals surface area contributed by atoms with Crippen molar-refractivity contribution in [1.82, 2.24) is 0 Å². The van der Waals surface area contributed by atoms with Crippen LogP contribution in [0.15, 0.2) is 23.5 Å². The van der Waals surface area contributed by atoms with Gasteiger partial charge in [0.1, 0.15) is 5.76 Å². The van der Waals surface area contributed by atoms with Crippen molar-refractivity contribution < 1.29 is 10.2 Å². The fraction of sp³-hybridized carbons (Fsp3) is 0.750. The maximum absolute atomic E-state index is 10.3. The molecule has 2 N–H and O–H groups in total. The zero-order valence-corrected chi connectivity index (χ0v) is 13.0. The normalized spacial score (nSPS) is 16.9. The van der Waals surface area contributed by atoms with E-state index in [1.54, 1.807) is 6.08 Å². The van der Waals surface area contributed by atoms with Crippen LogP contribution < -0.4 is 0 Å². The SMILES string of the molecule is CCC(C)(C)C(C)/C=C(O)\C(=C/CO)C(C)(C)C. The molecule has 0 aliphatic heterocycles. The molecule has 2 heteroatoms. The third-order valence-corrected chi connectivity index (χ3v) is 3.93. The van der Waals surface area contributed by atoms with Gasteiger partial charge in [-0.15, -0.1) is 0 Å². The summed E-state index contributed by atoms with van der Waals surface area (Å²) in [6.07, 6.45) is 4.67. The van der Waals surface area contributed by atoms with E-state index in [1.807, 2.05) is 26.8 Å². The van der Waals surface area contributed by atoms with E-state index in [0.29, 0.717) is 5.76 Å². The van der Waals surface area contributed by atoms with Gasteiger partial charge in [-0.1, -0.05) is 61.0 Å². The highest BCUT2D eigenvalue weighted by atomic mass is 16.3. The summed E-state index contributed by atoms with van der Waals surface area (Å²) in [5, 5.41) is 19.4. The summed E-state index contributed by atoms with van der Waals surface area (Å²) in [5.41, 5.74) is 0.805. The summed E-state index contributed by atoms with van der Waals surface area (Å²) in [7, 11) is 0. The molecule has 0 aliphatic carbocycles. The van der Waals surface area contributed by atoms with Crippen molar-refractivity contribution in [1.29, 1.82) is 0 Å². The Morgan fingerprint density at radius 1 is 1.17 bits per heavy atom. The Morgan fingerprint density at radius 3 is 2.00 bits per heavy atom. The molecule has 0 aliphatic rings. The summed E-state index contributed by atoms with van der Waals surface area (Å²) in [6.45, 7) is 14.8. The number of aliphatic hydroxyl groups is 2. The molecule has 0 amide bonds. The van der Waals surface area contributed by atoms with E-state index in [9.17, 15) is 5.11 Å². The highest BCUT2D eigenvalue weighted by Gasteiger charge is 2.25. The minimum atomic E-state index is -0.167. The van der Waals surface area contributed by atoms with Crippen molar-refractivity contribution in [3.63, 3.8) is 0 Å². The van der Waals surface area contributed by atoms with Gasteiger partial charge in [0.15, 0.2) is 0 Å². The summed E-state index contributed by atoms with van der Waals surface area (Å²) < 4.78 is 0. The third kappa shape index (κ3) is 4.85. The Kier molecular flexibility index (Phi) is 6.15. The molecule has 0 rings (SSSR count). The van der Waals surface area contributed by atoms with Crippen LogP contribution in [-0.2, 0) is 0 Å². The van der Waals surface area contributed by atoms with Gasteiger partial charge in [0, 0.05) is 0 Å². The lowest BCUT2D eigenvalue weighted by molar-refractivity contribution is 0.257. The van der Waals surface area contributed by atoms with Gasteiger partial charge in [-0.05, 0) is 28.4 Å². The average molecular weight is 254 g/mol. The van der Waals surface area contributed by atoms with Gasteiger partial charge >= 0.3 is 0 Å². The van der Waals surface area contributed by atoms with Crippen molar-refractivity contribution in [2.45, 2.75) is 54.9 Å². The average Bonchev–Trinajstić information content (AvgIpc) is 2.23. The molecule has 106 valence electrons. The first kappa shape index (κ1) is 17.2. The molecule has 0 bridgehead atoms. The van der Waals surface area contributed by atoms with Crippen molar-refractivity contribution in [2.24, 2.45) is 16.7 Å². The largest absolute Gasteiger partial charge is 0.508 e. The zero-order chi connectivity index (χ0) is 14.6. The molecule has 0 spiro atoms. The molecule has 0 heterocycles. The molecule has 1 atom stereocenters. The van der Waals surface area contributed by atoms with Crippen molar-refractivity contribution in [3.05, 3.63) is 23.5 Å². The summed E-state index contributed by atoms with van der Waals surface area (Å²) in [6, 6.07) is 0. The lowest BCUT2D eigenvalue weighted by atomic mass is 9.76. The monoisotopic (exact) mass is 254 g/mol. The number of hydrogen-bond acceptors (Lipinski definition) is 2. The van der Waals surface area contributed by atoms with Crippen LogP contribution in [0.4, 0.5) is 0 Å². The maximum atomic E-state index is 10.3. The minimum absolute atomic E-state index is 0.0456. The number of hydrogen-bond donors (Lipinski definition) is 2. The van der Waals surface area contributed by atoms with Gasteiger partial charge in [-0.25, -0.2) is 0 Å². The summed E-state index contributed by atoms with van der Waals surface area (Å²) >= 11 is 0. The van der Waals surface area contributed by atoms with Crippen LogP contribution in [0.5, 0.6) is 0 Å². The molecule has 0 aromatic carbocycles. The molecule has 0 aromatic heterocycles. The smallest absolute Gasteiger partial charge is 0.115 e. The second-order valence-electron chi connectivity index (χ2n) is 6.73. The molecular weight excluding hydrogens is 224 g/mol. The van der Waals surface area contributed by atoms with E-state index in [2.05, 4.69) is 27.7 Å². The first-order chi connectivity index (χ1) is 8.06. The van der Waals surface area contributed by atoms with E-state index in [0.717, 1.165) is 12.0 Å². The van der Waals surface area contributed by atoms with Crippen molar-refractivity contribution in [2.75, 3.05) is 6.61 Å². The highest BCUT2D eigenvalue weighted by molar-refractivity contribution is 5.30. The Hall–Kier alpha value is -0.760. The second kappa shape index (κ2) is 6.42. The number of aliphatic hydroxyl groups excluding tert-OH is 2. The Labute approximate surface area is 112 Å². The summed E-state index contributed by atoms with van der Waals surface area (Å²) in [4.78, 5) is 0. The van der Waals surface area contributed by atoms with Crippen LogP contribution >= 0.6 is 0 Å². The van der Waals surface area contributed by atoms with Crippen LogP contribution in [0.3, 0.4) is 0 Å². The van der Waals surface area contributed by atoms with E-state index < -0.39 is 0 Å². The highest BCUT2D eigenvalue weighted by Crippen LogP contribution is 2.35. The predicted molar refractivity (Wildman–Crippen MR) is 78.6 cm³/mol. The molecule has 0 fully saturated rings. The maximum Gasteiger partial charge on any atom is 0.115 e. The topological polar surface area (TPSA) is 40.5 Å². The lowest BCUT2D eigenvalue weighted by Gasteiger charge is -2.30. The van der Waals surface area contributed by atoms with Crippen LogP contribution in [0.2, 0.25) is 0 Å². The first-order valence-electron chi connectivity index (χ1n) is 6.79. The van der Waals surface area contributed by atoms with Gasteiger partial charge in [-0.3, -0.25) is 0 Å². The second-order valence-corrected chi connectivity index (χ2v) is 6.73. The molecule has 0 aromatic rings. The van der Waals surface area contributed by atoms with Crippen LogP contribution in [0.25, 0.3) is 0 Å². The Morgan fingerprint density at radius 2 is 1.67 bits per heavy atom. The molecule has 1 unspecified atom stereocenters. The van der Waals surface area contributed by atoms with Crippen LogP contribution in [0.1, 0.15) is 54.9 Å². The van der Waals surface area contributed by atoms with Crippen molar-refractivity contribution >= 4 is 0 Å². The summed E-state index contributed by atoms with van der Waals surface area (Å²) in [5.74, 6) is 0.581. The lowest BCUT2D eigenvalue weighted by Crippen LogP contribution is -2.20. The van der Waals surface area contributed by atoms with Crippen LogP contribution in [-0.4, -0.2) is 16.8 Å². The fourth-order valence-corrected chi connectivity index (χ4v) is 1.76. The fourth-order valence-electron chi connectivity index (χ4n) is 1.76. The quantitative estimate of drug-likeness (QED) is 0.561. The number of rotatable bonds is 5. The number of allylic oxidation sites excluding steroid dienone is 2. The Balaban J connectivity index is 5.24. The zero-order valence-electron chi connectivity index (χ0n) is 13.0. The van der Waals surface area contributed by atoms with Gasteiger partial charge in [0.25, 0.3) is 0 Å². The van der Waals surface area contributed by atoms with Gasteiger partial charge in [-0.2, -0.15) is 0 Å². The predicted octanol–water partition coefficient (Wildman–Crippen LogP) is 4.47. The van der Waals surface area contributed by atoms with Gasteiger partial charge < -0.3 is 10.2 Å². The standard InChI is InChI=1S/C16H30O2/c1-8-16(6,7)12(2)11-14(18)13(9-10-17)15(3,4)5/h9,11-12,17-18H,8,10H2,1-7H3/b13-9+,14-11+. The minimum Gasteiger partial charge on any atom is -0.508 e. The third-order valence-electron chi connectivity index (χ3n) is 3.93. The molecule has 0 saturated carbocycles. The van der Waals surface area contributed by atoms with Crippen molar-refractivity contribution in [3.8, 4) is 0 Å². The molecule has 18 heavy (non-hydrogen) atoms. The van der Waals surface area contributed by atoms with Crippen LogP contribution in [0, 0.1) is 16.7 Å². The van der Waals surface area contributed by atoms with E-state index in [4.69, 9.17) is 5.11 Å². The van der Waals surface area contributed by atoms with E-state index in [-0.39, 0.29) is 23.4 Å². The Bertz CT molecular complexity index is 316.